The Morgan fingerprint density at radius 3 is 2.58 bits per heavy atom. The van der Waals surface area contributed by atoms with E-state index in [0.717, 1.165) is 30.3 Å². The SMILES string of the molecule is C[C@@H]1CCCN1Cc1sc(Nc2nccc(N3CCN(CCC(=O)[O-])CC3)c2F)nc1-c1ccc(Cl)c(C(F)(F)F)c1.[Na+]. The molecule has 8 nitrogen and oxygen atoms in total. The average molecular weight is 649 g/mol. The maximum Gasteiger partial charge on any atom is 1.00 e. The van der Waals surface area contributed by atoms with Gasteiger partial charge in [0.05, 0.1) is 22.0 Å². The molecule has 0 saturated carbocycles. The first-order chi connectivity index (χ1) is 20.0. The monoisotopic (exact) mass is 648 g/mol. The zero-order valence-corrected chi connectivity index (χ0v) is 27.5. The number of thiazole rings is 1. The molecule has 0 aliphatic carbocycles. The molecule has 0 unspecified atom stereocenters. The third kappa shape index (κ3) is 8.19. The molecule has 2 aliphatic rings. The summed E-state index contributed by atoms with van der Waals surface area (Å²) >= 11 is 7.12. The fourth-order valence-corrected chi connectivity index (χ4v) is 6.60. The number of hydrogen-bond donors (Lipinski definition) is 1. The van der Waals surface area contributed by atoms with Gasteiger partial charge in [-0.1, -0.05) is 29.0 Å². The number of nitrogens with zero attached hydrogens (tertiary/aromatic N) is 5. The number of halogens is 5. The smallest absolute Gasteiger partial charge is 0.550 e. The number of carboxylic acid groups (broad SMARTS) is 1. The van der Waals surface area contributed by atoms with E-state index in [-0.39, 0.29) is 47.4 Å². The first-order valence-corrected chi connectivity index (χ1v) is 14.9. The molecule has 2 aliphatic heterocycles. The number of rotatable bonds is 9. The summed E-state index contributed by atoms with van der Waals surface area (Å²) in [4.78, 5) is 26.4. The third-order valence-electron chi connectivity index (χ3n) is 7.72. The van der Waals surface area contributed by atoms with Crippen LogP contribution in [0.1, 0.15) is 36.6 Å². The number of carbonyl (C=O) groups is 1. The molecule has 226 valence electrons. The van der Waals surface area contributed by atoms with Gasteiger partial charge in [-0.15, -0.1) is 0 Å². The van der Waals surface area contributed by atoms with Crippen LogP contribution in [0, 0.1) is 5.82 Å². The first-order valence-electron chi connectivity index (χ1n) is 13.7. The van der Waals surface area contributed by atoms with Gasteiger partial charge in [0, 0.05) is 67.9 Å². The van der Waals surface area contributed by atoms with E-state index in [4.69, 9.17) is 11.6 Å². The summed E-state index contributed by atoms with van der Waals surface area (Å²) < 4.78 is 56.6. The van der Waals surface area contributed by atoms with E-state index in [0.29, 0.717) is 61.8 Å². The van der Waals surface area contributed by atoms with Crippen molar-refractivity contribution >= 4 is 45.5 Å². The minimum Gasteiger partial charge on any atom is -0.550 e. The van der Waals surface area contributed by atoms with E-state index < -0.39 is 28.5 Å². The molecular formula is C28H30ClF4N6NaO2S. The molecule has 2 fully saturated rings. The number of carbonyl (C=O) groups excluding carboxylic acids is 1. The summed E-state index contributed by atoms with van der Waals surface area (Å²) in [6.07, 6.45) is -1.13. The Bertz CT molecular complexity index is 1440. The second-order valence-corrected chi connectivity index (χ2v) is 12.0. The Kier molecular flexibility index (Phi) is 11.3. The molecule has 15 heteroatoms. The molecule has 0 bridgehead atoms. The van der Waals surface area contributed by atoms with Crippen molar-refractivity contribution in [1.82, 2.24) is 19.8 Å². The Labute approximate surface area is 278 Å². The molecule has 1 atom stereocenters. The molecule has 1 aromatic carbocycles. The number of piperazine rings is 1. The van der Waals surface area contributed by atoms with E-state index in [1.54, 1.807) is 6.07 Å². The molecule has 3 aromatic rings. The normalized spacial score (nSPS) is 18.1. The van der Waals surface area contributed by atoms with Crippen LogP contribution < -0.4 is 44.9 Å². The van der Waals surface area contributed by atoms with Gasteiger partial charge in [-0.25, -0.2) is 14.4 Å². The number of benzene rings is 1. The number of nitrogens with one attached hydrogen (secondary N) is 1. The number of aliphatic carboxylic acids is 1. The van der Waals surface area contributed by atoms with Crippen LogP contribution in [-0.4, -0.2) is 71.0 Å². The molecule has 4 heterocycles. The van der Waals surface area contributed by atoms with E-state index in [1.807, 2.05) is 9.80 Å². The van der Waals surface area contributed by atoms with Crippen LogP contribution in [0.25, 0.3) is 11.3 Å². The summed E-state index contributed by atoms with van der Waals surface area (Å²) in [5, 5.41) is 13.6. The predicted octanol–water partition coefficient (Wildman–Crippen LogP) is 2.01. The Balaban J connectivity index is 0.00000423. The molecular weight excluding hydrogens is 619 g/mol. The summed E-state index contributed by atoms with van der Waals surface area (Å²) in [7, 11) is 0. The van der Waals surface area contributed by atoms with Crippen molar-refractivity contribution in [3.05, 3.63) is 51.7 Å². The van der Waals surface area contributed by atoms with Crippen molar-refractivity contribution in [1.29, 1.82) is 0 Å². The van der Waals surface area contributed by atoms with Crippen LogP contribution in [0.5, 0.6) is 0 Å². The van der Waals surface area contributed by atoms with Crippen molar-refractivity contribution in [3.8, 4) is 11.3 Å². The molecule has 2 saturated heterocycles. The van der Waals surface area contributed by atoms with Gasteiger partial charge in [0.25, 0.3) is 0 Å². The molecule has 1 N–H and O–H groups in total. The molecule has 2 aromatic heterocycles. The molecule has 0 spiro atoms. The van der Waals surface area contributed by atoms with Crippen molar-refractivity contribution in [2.24, 2.45) is 0 Å². The third-order valence-corrected chi connectivity index (χ3v) is 9.00. The summed E-state index contributed by atoms with van der Waals surface area (Å²) in [6, 6.07) is 5.64. The number of anilines is 3. The van der Waals surface area contributed by atoms with Crippen LogP contribution in [0.15, 0.2) is 30.5 Å². The van der Waals surface area contributed by atoms with Gasteiger partial charge in [0.2, 0.25) is 0 Å². The number of pyridine rings is 1. The quantitative estimate of drug-likeness (QED) is 0.279. The number of carboxylic acids is 1. The van der Waals surface area contributed by atoms with Crippen LogP contribution in [0.4, 0.5) is 34.2 Å². The van der Waals surface area contributed by atoms with Gasteiger partial charge in [-0.2, -0.15) is 13.2 Å². The number of alkyl halides is 3. The Morgan fingerprint density at radius 2 is 1.93 bits per heavy atom. The van der Waals surface area contributed by atoms with Crippen molar-refractivity contribution in [2.45, 2.75) is 44.9 Å². The van der Waals surface area contributed by atoms with Gasteiger partial charge in [0.1, 0.15) is 0 Å². The summed E-state index contributed by atoms with van der Waals surface area (Å²) in [6.45, 7) is 6.03. The zero-order valence-electron chi connectivity index (χ0n) is 23.9. The fourth-order valence-electron chi connectivity index (χ4n) is 5.37. The molecule has 43 heavy (non-hydrogen) atoms. The van der Waals surface area contributed by atoms with Crippen LogP contribution in [0.3, 0.4) is 0 Å². The summed E-state index contributed by atoms with van der Waals surface area (Å²) in [5.74, 6) is -1.72. The van der Waals surface area contributed by atoms with Gasteiger partial charge in [0.15, 0.2) is 16.8 Å². The van der Waals surface area contributed by atoms with Crippen molar-refractivity contribution < 1.29 is 57.0 Å². The number of hydrogen-bond acceptors (Lipinski definition) is 9. The van der Waals surface area contributed by atoms with Gasteiger partial charge in [-0.05, 0) is 50.9 Å². The van der Waals surface area contributed by atoms with E-state index in [1.165, 1.54) is 29.7 Å². The van der Waals surface area contributed by atoms with Crippen LogP contribution in [0.2, 0.25) is 5.02 Å². The van der Waals surface area contributed by atoms with E-state index >= 15 is 4.39 Å². The molecule has 0 amide bonds. The van der Waals surface area contributed by atoms with E-state index in [9.17, 15) is 23.1 Å². The van der Waals surface area contributed by atoms with Gasteiger partial charge >= 0.3 is 35.7 Å². The standard InChI is InChI=1S/C28H31ClF4N6O2S.Na/c1-17-3-2-9-39(17)16-22-25(18-4-5-20(29)19(15-18)28(31,32)33)35-27(42-22)36-26-24(30)21(6-8-34-26)38-13-11-37(12-14-38)10-7-23(40)41;/h4-6,8,15,17H,2-3,7,9-14,16H2,1H3,(H,40,41)(H,34,35,36);/q;+1/p-1/t17-;/m1./s1. The fraction of sp³-hybridized carbons (Fsp3) is 0.464. The first kappa shape index (κ1) is 33.9. The number of likely N-dealkylation sites (tertiary alicyclic amines) is 1. The second kappa shape index (κ2) is 14.4. The summed E-state index contributed by atoms with van der Waals surface area (Å²) in [5.41, 5.74) is 0.0666. The maximum absolute atomic E-state index is 15.7. The minimum atomic E-state index is -4.62. The van der Waals surface area contributed by atoms with Crippen LogP contribution >= 0.6 is 22.9 Å². The topological polar surface area (TPSA) is 87.7 Å². The van der Waals surface area contributed by atoms with Gasteiger partial charge < -0.3 is 20.1 Å². The average Bonchev–Trinajstić information content (AvgIpc) is 3.54. The Hall–Kier alpha value is -2.00. The molecule has 0 radical (unpaired) electrons. The predicted molar refractivity (Wildman–Crippen MR) is 152 cm³/mol. The largest absolute Gasteiger partial charge is 1.00 e. The van der Waals surface area contributed by atoms with Crippen molar-refractivity contribution in [2.75, 3.05) is 49.5 Å². The van der Waals surface area contributed by atoms with E-state index in [2.05, 4.69) is 27.1 Å². The van der Waals surface area contributed by atoms with Crippen LogP contribution in [-0.2, 0) is 17.5 Å². The van der Waals surface area contributed by atoms with Gasteiger partial charge in [-0.3, -0.25) is 9.80 Å². The number of aromatic nitrogens is 2. The minimum absolute atomic E-state index is 0. The molecule has 5 rings (SSSR count). The second-order valence-electron chi connectivity index (χ2n) is 10.5. The van der Waals surface area contributed by atoms with Crippen molar-refractivity contribution in [3.63, 3.8) is 0 Å². The zero-order chi connectivity index (χ0) is 30.0. The Morgan fingerprint density at radius 1 is 1.19 bits per heavy atom. The maximum atomic E-state index is 15.7.